The van der Waals surface area contributed by atoms with Crippen LogP contribution >= 0.6 is 0 Å². The summed E-state index contributed by atoms with van der Waals surface area (Å²) in [5.41, 5.74) is 0. The molecule has 1 rings (SSSR count). The topological polar surface area (TPSA) is 18.5 Å². The maximum absolute atomic E-state index is 5.71. The van der Waals surface area contributed by atoms with Crippen molar-refractivity contribution in [3.63, 3.8) is 0 Å². The van der Waals surface area contributed by atoms with Crippen LogP contribution in [-0.2, 0) is 9.47 Å². The minimum Gasteiger partial charge on any atom is -0.379 e. The lowest BCUT2D eigenvalue weighted by atomic mass is 9.82. The van der Waals surface area contributed by atoms with E-state index >= 15 is 0 Å². The smallest absolute Gasteiger partial charge is 0.0519 e. The van der Waals surface area contributed by atoms with Gasteiger partial charge in [0.05, 0.1) is 12.2 Å². The van der Waals surface area contributed by atoms with Gasteiger partial charge in [-0.05, 0) is 58.8 Å². The molecule has 0 aliphatic heterocycles. The molecule has 0 aromatic rings. The van der Waals surface area contributed by atoms with Crippen LogP contribution in [0.25, 0.3) is 0 Å². The van der Waals surface area contributed by atoms with Crippen LogP contribution in [-0.4, -0.2) is 25.4 Å². The molecular weight excluding hydrogens is 200 g/mol. The van der Waals surface area contributed by atoms with Gasteiger partial charge in [0, 0.05) is 13.2 Å². The maximum Gasteiger partial charge on any atom is 0.0519 e. The fourth-order valence-corrected chi connectivity index (χ4v) is 2.36. The first-order chi connectivity index (χ1) is 7.58. The highest BCUT2D eigenvalue weighted by Gasteiger charge is 2.22. The van der Waals surface area contributed by atoms with Crippen LogP contribution in [0.2, 0.25) is 0 Å². The Morgan fingerprint density at radius 3 is 1.69 bits per heavy atom. The highest BCUT2D eigenvalue weighted by molar-refractivity contribution is 4.73. The molecule has 0 spiro atoms. The molecule has 0 saturated heterocycles. The summed E-state index contributed by atoms with van der Waals surface area (Å²) in [6, 6.07) is 0. The molecule has 2 atom stereocenters. The fourth-order valence-electron chi connectivity index (χ4n) is 2.36. The predicted molar refractivity (Wildman–Crippen MR) is 67.6 cm³/mol. The lowest BCUT2D eigenvalue weighted by Gasteiger charge is -2.29. The van der Waals surface area contributed by atoms with Crippen LogP contribution in [0, 0.1) is 11.8 Å². The second-order valence-corrected chi connectivity index (χ2v) is 5.66. The van der Waals surface area contributed by atoms with Gasteiger partial charge in [0.25, 0.3) is 0 Å². The molecule has 0 bridgehead atoms. The largest absolute Gasteiger partial charge is 0.379 e. The quantitative estimate of drug-likeness (QED) is 0.691. The van der Waals surface area contributed by atoms with Gasteiger partial charge in [-0.2, -0.15) is 0 Å². The Hall–Kier alpha value is -0.0800. The molecule has 1 aliphatic rings. The molecule has 2 nitrogen and oxygen atoms in total. The summed E-state index contributed by atoms with van der Waals surface area (Å²) in [6.07, 6.45) is 6.05. The van der Waals surface area contributed by atoms with E-state index in [9.17, 15) is 0 Å². The van der Waals surface area contributed by atoms with E-state index in [4.69, 9.17) is 9.47 Å². The highest BCUT2D eigenvalue weighted by Crippen LogP contribution is 2.29. The van der Waals surface area contributed by atoms with Gasteiger partial charge in [0.15, 0.2) is 0 Å². The molecule has 2 heteroatoms. The maximum atomic E-state index is 5.71. The number of ether oxygens (including phenoxy) is 2. The third kappa shape index (κ3) is 5.86. The molecular formula is C14H28O2. The average molecular weight is 228 g/mol. The Labute approximate surface area is 101 Å². The van der Waals surface area contributed by atoms with Crippen molar-refractivity contribution in [2.45, 2.75) is 65.6 Å². The van der Waals surface area contributed by atoms with Crippen LogP contribution in [0.15, 0.2) is 0 Å². The number of hydrogen-bond donors (Lipinski definition) is 0. The Bertz CT molecular complexity index is 160. The van der Waals surface area contributed by atoms with Crippen molar-refractivity contribution in [2.75, 3.05) is 13.2 Å². The third-order valence-electron chi connectivity index (χ3n) is 3.22. The summed E-state index contributed by atoms with van der Waals surface area (Å²) >= 11 is 0. The van der Waals surface area contributed by atoms with Gasteiger partial charge in [-0.15, -0.1) is 0 Å². The first-order valence-electron chi connectivity index (χ1n) is 6.81. The van der Waals surface area contributed by atoms with Crippen LogP contribution in [0.5, 0.6) is 0 Å². The van der Waals surface area contributed by atoms with Crippen LogP contribution in [0.1, 0.15) is 53.4 Å². The van der Waals surface area contributed by atoms with Crippen LogP contribution in [0.4, 0.5) is 0 Å². The molecule has 0 aromatic carbocycles. The highest BCUT2D eigenvalue weighted by atomic mass is 16.5. The van der Waals surface area contributed by atoms with Crippen LogP contribution in [0.3, 0.4) is 0 Å². The second kappa shape index (κ2) is 7.29. The van der Waals surface area contributed by atoms with Crippen molar-refractivity contribution in [2.24, 2.45) is 11.8 Å². The standard InChI is InChI=1S/C14H28O2/c1-11(2)15-9-13-6-5-7-14(8-13)10-16-12(3)4/h11-14H,5-10H2,1-4H3. The summed E-state index contributed by atoms with van der Waals surface area (Å²) in [5, 5.41) is 0. The van der Waals surface area contributed by atoms with Crippen molar-refractivity contribution >= 4 is 0 Å². The summed E-state index contributed by atoms with van der Waals surface area (Å²) in [4.78, 5) is 0. The van der Waals surface area contributed by atoms with E-state index in [0.717, 1.165) is 25.0 Å². The molecule has 1 fully saturated rings. The Kier molecular flexibility index (Phi) is 6.37. The number of hydrogen-bond acceptors (Lipinski definition) is 2. The first kappa shape index (κ1) is 14.0. The molecule has 0 radical (unpaired) electrons. The van der Waals surface area contributed by atoms with Crippen LogP contribution < -0.4 is 0 Å². The van der Waals surface area contributed by atoms with Gasteiger partial charge in [0.2, 0.25) is 0 Å². The lowest BCUT2D eigenvalue weighted by Crippen LogP contribution is -2.25. The molecule has 16 heavy (non-hydrogen) atoms. The molecule has 0 heterocycles. The summed E-state index contributed by atoms with van der Waals surface area (Å²) in [6.45, 7) is 10.3. The molecule has 1 saturated carbocycles. The van der Waals surface area contributed by atoms with E-state index < -0.39 is 0 Å². The zero-order valence-corrected chi connectivity index (χ0v) is 11.4. The van der Waals surface area contributed by atoms with Gasteiger partial charge in [0.1, 0.15) is 0 Å². The molecule has 1 aliphatic carbocycles. The SMILES string of the molecule is CC(C)OCC1CCCC(COC(C)C)C1. The fraction of sp³-hybridized carbons (Fsp3) is 1.00. The van der Waals surface area contributed by atoms with Gasteiger partial charge in [-0.1, -0.05) is 6.42 Å². The van der Waals surface area contributed by atoms with E-state index in [2.05, 4.69) is 27.7 Å². The normalized spacial score (nSPS) is 26.6. The van der Waals surface area contributed by atoms with Crippen molar-refractivity contribution in [3.05, 3.63) is 0 Å². The minimum atomic E-state index is 0.368. The monoisotopic (exact) mass is 228 g/mol. The van der Waals surface area contributed by atoms with E-state index in [1.165, 1.54) is 25.7 Å². The van der Waals surface area contributed by atoms with E-state index in [1.54, 1.807) is 0 Å². The van der Waals surface area contributed by atoms with Crippen molar-refractivity contribution in [1.82, 2.24) is 0 Å². The molecule has 0 aromatic heterocycles. The molecule has 0 N–H and O–H groups in total. The van der Waals surface area contributed by atoms with E-state index in [-0.39, 0.29) is 0 Å². The van der Waals surface area contributed by atoms with Crippen molar-refractivity contribution in [3.8, 4) is 0 Å². The minimum absolute atomic E-state index is 0.368. The van der Waals surface area contributed by atoms with Gasteiger partial charge in [-0.25, -0.2) is 0 Å². The number of rotatable bonds is 6. The molecule has 96 valence electrons. The predicted octanol–water partition coefficient (Wildman–Crippen LogP) is 3.64. The van der Waals surface area contributed by atoms with Crippen molar-refractivity contribution in [1.29, 1.82) is 0 Å². The Morgan fingerprint density at radius 2 is 1.31 bits per heavy atom. The third-order valence-corrected chi connectivity index (χ3v) is 3.22. The van der Waals surface area contributed by atoms with Crippen molar-refractivity contribution < 1.29 is 9.47 Å². The zero-order chi connectivity index (χ0) is 12.0. The summed E-state index contributed by atoms with van der Waals surface area (Å²) in [7, 11) is 0. The Morgan fingerprint density at radius 1 is 0.875 bits per heavy atom. The second-order valence-electron chi connectivity index (χ2n) is 5.66. The van der Waals surface area contributed by atoms with Gasteiger partial charge < -0.3 is 9.47 Å². The molecule has 0 amide bonds. The lowest BCUT2D eigenvalue weighted by molar-refractivity contribution is 0.00626. The first-order valence-corrected chi connectivity index (χ1v) is 6.81. The van der Waals surface area contributed by atoms with Gasteiger partial charge >= 0.3 is 0 Å². The van der Waals surface area contributed by atoms with Gasteiger partial charge in [-0.3, -0.25) is 0 Å². The zero-order valence-electron chi connectivity index (χ0n) is 11.4. The Balaban J connectivity index is 2.19. The summed E-state index contributed by atoms with van der Waals surface area (Å²) < 4.78 is 11.4. The summed E-state index contributed by atoms with van der Waals surface area (Å²) in [5.74, 6) is 1.52. The molecule has 2 unspecified atom stereocenters. The van der Waals surface area contributed by atoms with E-state index in [0.29, 0.717) is 12.2 Å². The van der Waals surface area contributed by atoms with E-state index in [1.807, 2.05) is 0 Å². The average Bonchev–Trinajstić information content (AvgIpc) is 2.24.